The van der Waals surface area contributed by atoms with Crippen LogP contribution >= 0.6 is 0 Å². The average Bonchev–Trinajstić information content (AvgIpc) is 2.86. The van der Waals surface area contributed by atoms with Crippen molar-refractivity contribution in [1.29, 1.82) is 0 Å². The number of hydrogen-bond acceptors (Lipinski definition) is 4. The van der Waals surface area contributed by atoms with Gasteiger partial charge in [-0.25, -0.2) is 9.78 Å². The number of anilines is 2. The molecule has 0 saturated carbocycles. The maximum atomic E-state index is 12.8. The number of benzene rings is 3. The summed E-state index contributed by atoms with van der Waals surface area (Å²) >= 11 is 0. The second-order valence-electron chi connectivity index (χ2n) is 7.70. The molecule has 33 heavy (non-hydrogen) atoms. The number of hydrogen-bond donors (Lipinski definition) is 1. The minimum Gasteiger partial charge on any atom is -0.488 e. The highest BCUT2D eigenvalue weighted by molar-refractivity contribution is 6.02. The lowest BCUT2D eigenvalue weighted by molar-refractivity contribution is 0.249. The molecule has 1 aromatic heterocycles. The monoisotopic (exact) mass is 437 g/mol. The van der Waals surface area contributed by atoms with E-state index in [1.807, 2.05) is 91.0 Å². The summed E-state index contributed by atoms with van der Waals surface area (Å²) in [5, 5.41) is 2.91. The van der Waals surface area contributed by atoms with Gasteiger partial charge < -0.3 is 14.8 Å². The number of carbonyl (C=O) groups is 1. The van der Waals surface area contributed by atoms with Gasteiger partial charge in [0.05, 0.1) is 6.54 Å². The molecule has 0 spiro atoms. The van der Waals surface area contributed by atoms with Crippen molar-refractivity contribution in [2.75, 3.05) is 23.4 Å². The number of nitrogens with one attached hydrogen (secondary N) is 1. The van der Waals surface area contributed by atoms with Gasteiger partial charge in [0.2, 0.25) is 0 Å². The number of pyridine rings is 1. The first kappa shape index (κ1) is 20.6. The Morgan fingerprint density at radius 2 is 1.61 bits per heavy atom. The molecule has 0 aliphatic carbocycles. The fourth-order valence-electron chi connectivity index (χ4n) is 3.68. The number of ether oxygens (including phenoxy) is 2. The fraction of sp³-hybridized carbons (Fsp3) is 0.111. The molecular formula is C27H23N3O3. The predicted octanol–water partition coefficient (Wildman–Crippen LogP) is 5.90. The molecule has 164 valence electrons. The van der Waals surface area contributed by atoms with Crippen LogP contribution in [0, 0.1) is 0 Å². The van der Waals surface area contributed by atoms with Crippen LogP contribution in [0.4, 0.5) is 16.3 Å². The lowest BCUT2D eigenvalue weighted by atomic mass is 10.1. The molecule has 1 aliphatic heterocycles. The third-order valence-corrected chi connectivity index (χ3v) is 5.30. The van der Waals surface area contributed by atoms with Crippen LogP contribution in [0.3, 0.4) is 0 Å². The van der Waals surface area contributed by atoms with Crippen molar-refractivity contribution in [2.24, 2.45) is 0 Å². The molecule has 5 rings (SSSR count). The molecule has 6 heteroatoms. The first-order chi connectivity index (χ1) is 16.2. The maximum Gasteiger partial charge on any atom is 0.327 e. The highest BCUT2D eigenvalue weighted by Gasteiger charge is 2.25. The van der Waals surface area contributed by atoms with Crippen LogP contribution < -0.4 is 19.7 Å². The van der Waals surface area contributed by atoms with E-state index in [-0.39, 0.29) is 6.03 Å². The fourth-order valence-corrected chi connectivity index (χ4v) is 3.68. The number of para-hydroxylation sites is 2. The first-order valence-corrected chi connectivity index (χ1v) is 10.8. The minimum absolute atomic E-state index is 0.222. The molecule has 0 radical (unpaired) electrons. The standard InChI is InChI=1S/C27H23N3O3/c31-27(29-22-7-3-1-4-8-22)30-15-16-32-25-18-21(19-28-26(25)30)17-20-11-13-24(14-12-20)33-23-9-5-2-6-10-23/h1-14,18-19H,15-17H2,(H,29,31). The smallest absolute Gasteiger partial charge is 0.327 e. The molecule has 1 N–H and O–H groups in total. The Labute approximate surface area is 192 Å². The Morgan fingerprint density at radius 1 is 0.909 bits per heavy atom. The van der Waals surface area contributed by atoms with Gasteiger partial charge in [0.15, 0.2) is 11.6 Å². The third-order valence-electron chi connectivity index (χ3n) is 5.30. The summed E-state index contributed by atoms with van der Waals surface area (Å²) in [4.78, 5) is 18.9. The summed E-state index contributed by atoms with van der Waals surface area (Å²) in [6, 6.07) is 28.8. The van der Waals surface area contributed by atoms with E-state index in [2.05, 4.69) is 10.3 Å². The molecule has 0 fully saturated rings. The zero-order valence-corrected chi connectivity index (χ0v) is 18.0. The minimum atomic E-state index is -0.222. The lowest BCUT2D eigenvalue weighted by Gasteiger charge is -2.28. The topological polar surface area (TPSA) is 63.7 Å². The molecule has 1 aliphatic rings. The van der Waals surface area contributed by atoms with E-state index < -0.39 is 0 Å². The zero-order valence-electron chi connectivity index (χ0n) is 18.0. The van der Waals surface area contributed by atoms with Crippen LogP contribution in [0.15, 0.2) is 97.2 Å². The van der Waals surface area contributed by atoms with Crippen molar-refractivity contribution >= 4 is 17.5 Å². The zero-order chi connectivity index (χ0) is 22.5. The third kappa shape index (κ3) is 4.96. The van der Waals surface area contributed by atoms with Gasteiger partial charge in [0, 0.05) is 11.9 Å². The van der Waals surface area contributed by atoms with E-state index in [1.54, 1.807) is 11.1 Å². The molecular weight excluding hydrogens is 414 g/mol. The van der Waals surface area contributed by atoms with Gasteiger partial charge in [-0.2, -0.15) is 0 Å². The van der Waals surface area contributed by atoms with Crippen LogP contribution in [-0.4, -0.2) is 24.2 Å². The molecule has 0 atom stereocenters. The SMILES string of the molecule is O=C(Nc1ccccc1)N1CCOc2cc(Cc3ccc(Oc4ccccc4)cc3)cnc21. The van der Waals surface area contributed by atoms with Crippen molar-refractivity contribution in [2.45, 2.75) is 6.42 Å². The number of nitrogens with zero attached hydrogens (tertiary/aromatic N) is 2. The van der Waals surface area contributed by atoms with Crippen LogP contribution in [0.25, 0.3) is 0 Å². The Kier molecular flexibility index (Phi) is 5.89. The highest BCUT2D eigenvalue weighted by Crippen LogP contribution is 2.31. The van der Waals surface area contributed by atoms with E-state index in [1.165, 1.54) is 0 Å². The summed E-state index contributed by atoms with van der Waals surface area (Å²) in [5.74, 6) is 2.75. The second kappa shape index (κ2) is 9.44. The maximum absolute atomic E-state index is 12.8. The largest absolute Gasteiger partial charge is 0.488 e. The number of amides is 2. The Hall–Kier alpha value is -4.32. The van der Waals surface area contributed by atoms with Crippen molar-refractivity contribution in [3.05, 3.63) is 108 Å². The number of urea groups is 1. The van der Waals surface area contributed by atoms with Crippen LogP contribution in [0.1, 0.15) is 11.1 Å². The van der Waals surface area contributed by atoms with E-state index in [0.29, 0.717) is 31.1 Å². The number of aromatic nitrogens is 1. The molecule has 0 saturated heterocycles. The van der Waals surface area contributed by atoms with E-state index in [9.17, 15) is 4.79 Å². The van der Waals surface area contributed by atoms with Gasteiger partial charge in [0.25, 0.3) is 0 Å². The molecule has 6 nitrogen and oxygen atoms in total. The molecule has 0 unspecified atom stereocenters. The lowest BCUT2D eigenvalue weighted by Crippen LogP contribution is -2.41. The highest BCUT2D eigenvalue weighted by atomic mass is 16.5. The first-order valence-electron chi connectivity index (χ1n) is 10.8. The molecule has 3 aromatic carbocycles. The average molecular weight is 437 g/mol. The van der Waals surface area contributed by atoms with Crippen molar-refractivity contribution in [3.8, 4) is 17.2 Å². The van der Waals surface area contributed by atoms with Gasteiger partial charge in [-0.3, -0.25) is 4.90 Å². The Morgan fingerprint density at radius 3 is 2.36 bits per heavy atom. The van der Waals surface area contributed by atoms with Crippen molar-refractivity contribution in [1.82, 2.24) is 4.98 Å². The van der Waals surface area contributed by atoms with Crippen molar-refractivity contribution in [3.63, 3.8) is 0 Å². The molecule has 0 bridgehead atoms. The van der Waals surface area contributed by atoms with E-state index in [0.717, 1.165) is 28.3 Å². The summed E-state index contributed by atoms with van der Waals surface area (Å²) in [7, 11) is 0. The van der Waals surface area contributed by atoms with Gasteiger partial charge >= 0.3 is 6.03 Å². The van der Waals surface area contributed by atoms with Gasteiger partial charge in [-0.05, 0) is 60.0 Å². The molecule has 4 aromatic rings. The Bertz CT molecular complexity index is 1230. The predicted molar refractivity (Wildman–Crippen MR) is 128 cm³/mol. The van der Waals surface area contributed by atoms with Gasteiger partial charge in [-0.1, -0.05) is 48.5 Å². The summed E-state index contributed by atoms with van der Waals surface area (Å²) < 4.78 is 11.7. The van der Waals surface area contributed by atoms with Gasteiger partial charge in [-0.15, -0.1) is 0 Å². The normalized spacial score (nSPS) is 12.4. The second-order valence-corrected chi connectivity index (χ2v) is 7.70. The summed E-state index contributed by atoms with van der Waals surface area (Å²) in [5.41, 5.74) is 2.88. The van der Waals surface area contributed by atoms with E-state index >= 15 is 0 Å². The number of carbonyl (C=O) groups excluding carboxylic acids is 1. The molecule has 2 amide bonds. The number of fused-ring (bicyclic) bond motifs is 1. The quantitative estimate of drug-likeness (QED) is 0.422. The van der Waals surface area contributed by atoms with Gasteiger partial charge in [0.1, 0.15) is 18.1 Å². The number of rotatable bonds is 5. The van der Waals surface area contributed by atoms with Crippen molar-refractivity contribution < 1.29 is 14.3 Å². The Balaban J connectivity index is 1.27. The molecule has 2 heterocycles. The summed E-state index contributed by atoms with van der Waals surface area (Å²) in [6.45, 7) is 0.868. The van der Waals surface area contributed by atoms with Crippen LogP contribution in [-0.2, 0) is 6.42 Å². The van der Waals surface area contributed by atoms with Crippen LogP contribution in [0.5, 0.6) is 17.2 Å². The van der Waals surface area contributed by atoms with E-state index in [4.69, 9.17) is 9.47 Å². The van der Waals surface area contributed by atoms with Crippen LogP contribution in [0.2, 0.25) is 0 Å². The summed E-state index contributed by atoms with van der Waals surface area (Å²) in [6.07, 6.45) is 2.50.